The number of alkyl halides is 3. The molecule has 10 nitrogen and oxygen atoms in total. The van der Waals surface area contributed by atoms with Gasteiger partial charge in [0.2, 0.25) is 0 Å². The molecule has 0 bridgehead atoms. The number of phenolic OH excluding ortho intramolecular Hbond substituents is 2. The fraction of sp³-hybridized carbons (Fsp3) is 0.345. The molecule has 5 rings (SSSR count). The molecule has 0 amide bonds. The van der Waals surface area contributed by atoms with Crippen molar-refractivity contribution in [2.45, 2.75) is 45.0 Å². The lowest BCUT2D eigenvalue weighted by atomic mass is 9.85. The molecule has 0 aliphatic carbocycles. The second-order valence-electron chi connectivity index (χ2n) is 10.4. The zero-order chi connectivity index (χ0) is 31.8. The molecule has 230 valence electrons. The first-order chi connectivity index (χ1) is 20.1. The molecule has 43 heavy (non-hydrogen) atoms. The summed E-state index contributed by atoms with van der Waals surface area (Å²) < 4.78 is 40.8. The fourth-order valence-corrected chi connectivity index (χ4v) is 5.36. The van der Waals surface area contributed by atoms with Crippen LogP contribution in [0, 0.1) is 13.8 Å². The Hall–Kier alpha value is -3.88. The van der Waals surface area contributed by atoms with Crippen molar-refractivity contribution in [1.82, 2.24) is 14.7 Å². The molecule has 0 spiro atoms. The molecule has 4 aromatic rings. The first kappa shape index (κ1) is 32.0. The van der Waals surface area contributed by atoms with Crippen LogP contribution in [-0.2, 0) is 11.3 Å². The number of aryl methyl sites for hydroxylation is 1. The number of rotatable bonds is 4. The molecular formula is C29H29BrF3N3O7. The van der Waals surface area contributed by atoms with E-state index in [1.165, 1.54) is 6.07 Å². The average Bonchev–Trinajstić information content (AvgIpc) is 3.15. The number of likely N-dealkylation sites (N-methyl/N-ethyl adjacent to an activating group) is 1. The third kappa shape index (κ3) is 6.86. The quantitative estimate of drug-likeness (QED) is 0.238. The molecule has 3 heterocycles. The van der Waals surface area contributed by atoms with Crippen molar-refractivity contribution in [2.24, 2.45) is 0 Å². The molecule has 1 fully saturated rings. The highest BCUT2D eigenvalue weighted by Crippen LogP contribution is 2.42. The molecule has 1 saturated heterocycles. The van der Waals surface area contributed by atoms with Crippen LogP contribution in [0.5, 0.6) is 11.5 Å². The Balaban J connectivity index is 0.000000541. The third-order valence-electron chi connectivity index (χ3n) is 7.23. The SMILES string of the molecule is Cc1nn(Cc2cccc(-c3cc(=O)c4c(O)cc(O)c([C@H]5CCN(C)C[C@H]5O)c4o3)c2)c(C)c1Br.O=C(O)C(F)(F)F. The van der Waals surface area contributed by atoms with Gasteiger partial charge in [-0.15, -0.1) is 0 Å². The van der Waals surface area contributed by atoms with Gasteiger partial charge >= 0.3 is 12.1 Å². The van der Waals surface area contributed by atoms with Crippen molar-refractivity contribution in [3.63, 3.8) is 0 Å². The predicted molar refractivity (Wildman–Crippen MR) is 154 cm³/mol. The molecular weight excluding hydrogens is 639 g/mol. The number of carboxylic acids is 1. The van der Waals surface area contributed by atoms with E-state index in [0.29, 0.717) is 36.4 Å². The van der Waals surface area contributed by atoms with Crippen LogP contribution in [0.15, 0.2) is 50.1 Å². The molecule has 2 aromatic carbocycles. The van der Waals surface area contributed by atoms with Crippen molar-refractivity contribution in [2.75, 3.05) is 20.1 Å². The van der Waals surface area contributed by atoms with Crippen LogP contribution >= 0.6 is 15.9 Å². The first-order valence-corrected chi connectivity index (χ1v) is 13.9. The smallest absolute Gasteiger partial charge is 0.490 e. The summed E-state index contributed by atoms with van der Waals surface area (Å²) in [6.45, 7) is 5.63. The summed E-state index contributed by atoms with van der Waals surface area (Å²) >= 11 is 3.56. The number of phenols is 2. The molecule has 1 aliphatic rings. The Kier molecular flexibility index (Phi) is 9.23. The van der Waals surface area contributed by atoms with E-state index in [-0.39, 0.29) is 22.5 Å². The van der Waals surface area contributed by atoms with E-state index < -0.39 is 29.6 Å². The van der Waals surface area contributed by atoms with Crippen LogP contribution in [0.1, 0.15) is 34.9 Å². The van der Waals surface area contributed by atoms with E-state index in [1.807, 2.05) is 54.7 Å². The number of halogens is 4. The Bertz CT molecular complexity index is 1740. The van der Waals surface area contributed by atoms with Gasteiger partial charge < -0.3 is 29.7 Å². The molecule has 2 atom stereocenters. The van der Waals surface area contributed by atoms with Gasteiger partial charge in [0, 0.05) is 35.7 Å². The van der Waals surface area contributed by atoms with E-state index in [4.69, 9.17) is 14.3 Å². The van der Waals surface area contributed by atoms with E-state index in [9.17, 15) is 33.3 Å². The van der Waals surface area contributed by atoms with Crippen LogP contribution < -0.4 is 5.43 Å². The van der Waals surface area contributed by atoms with Gasteiger partial charge in [0.15, 0.2) is 5.43 Å². The highest BCUT2D eigenvalue weighted by atomic mass is 79.9. The van der Waals surface area contributed by atoms with Crippen molar-refractivity contribution < 1.29 is 42.8 Å². The van der Waals surface area contributed by atoms with Crippen LogP contribution in [0.25, 0.3) is 22.3 Å². The monoisotopic (exact) mass is 667 g/mol. The summed E-state index contributed by atoms with van der Waals surface area (Å²) in [5, 5.41) is 43.7. The summed E-state index contributed by atoms with van der Waals surface area (Å²) in [6, 6.07) is 10.2. The van der Waals surface area contributed by atoms with Crippen LogP contribution in [0.3, 0.4) is 0 Å². The molecule has 4 N–H and O–H groups in total. The highest BCUT2D eigenvalue weighted by Gasteiger charge is 2.38. The number of aliphatic hydroxyl groups excluding tert-OH is 1. The number of hydrogen-bond donors (Lipinski definition) is 4. The largest absolute Gasteiger partial charge is 0.507 e. The lowest BCUT2D eigenvalue weighted by Gasteiger charge is -2.34. The Morgan fingerprint density at radius 2 is 1.84 bits per heavy atom. The maximum Gasteiger partial charge on any atom is 0.490 e. The molecule has 2 aromatic heterocycles. The minimum Gasteiger partial charge on any atom is -0.507 e. The Morgan fingerprint density at radius 1 is 1.16 bits per heavy atom. The van der Waals surface area contributed by atoms with E-state index in [0.717, 1.165) is 34.0 Å². The van der Waals surface area contributed by atoms with Crippen LogP contribution in [0.4, 0.5) is 13.2 Å². The van der Waals surface area contributed by atoms with Gasteiger partial charge in [-0.1, -0.05) is 18.2 Å². The fourth-order valence-electron chi connectivity index (χ4n) is 5.07. The van der Waals surface area contributed by atoms with Gasteiger partial charge in [-0.25, -0.2) is 4.79 Å². The van der Waals surface area contributed by atoms with Crippen LogP contribution in [-0.4, -0.2) is 73.5 Å². The number of carboxylic acid groups (broad SMARTS) is 1. The second-order valence-corrected chi connectivity index (χ2v) is 11.2. The highest BCUT2D eigenvalue weighted by molar-refractivity contribution is 9.10. The molecule has 14 heteroatoms. The number of nitrogens with zero attached hydrogens (tertiary/aromatic N) is 3. The lowest BCUT2D eigenvalue weighted by Crippen LogP contribution is -2.40. The number of fused-ring (bicyclic) bond motifs is 1. The van der Waals surface area contributed by atoms with Gasteiger partial charge in [-0.3, -0.25) is 9.48 Å². The summed E-state index contributed by atoms with van der Waals surface area (Å²) in [4.78, 5) is 24.0. The second kappa shape index (κ2) is 12.4. The lowest BCUT2D eigenvalue weighted by molar-refractivity contribution is -0.192. The minimum atomic E-state index is -5.08. The zero-order valence-corrected chi connectivity index (χ0v) is 24.9. The Morgan fingerprint density at radius 3 is 2.42 bits per heavy atom. The number of aliphatic hydroxyl groups is 1. The van der Waals surface area contributed by atoms with E-state index in [1.54, 1.807) is 0 Å². The first-order valence-electron chi connectivity index (χ1n) is 13.1. The van der Waals surface area contributed by atoms with Crippen molar-refractivity contribution in [3.8, 4) is 22.8 Å². The number of hydrogen-bond acceptors (Lipinski definition) is 8. The third-order valence-corrected chi connectivity index (χ3v) is 8.38. The number of piperidine rings is 1. The zero-order valence-electron chi connectivity index (χ0n) is 23.3. The maximum atomic E-state index is 13.1. The van der Waals surface area contributed by atoms with Gasteiger partial charge in [0.1, 0.15) is 28.2 Å². The van der Waals surface area contributed by atoms with E-state index in [2.05, 4.69) is 21.0 Å². The van der Waals surface area contributed by atoms with Crippen molar-refractivity contribution >= 4 is 32.9 Å². The predicted octanol–water partition coefficient (Wildman–Crippen LogP) is 4.91. The number of benzene rings is 2. The summed E-state index contributed by atoms with van der Waals surface area (Å²) in [7, 11) is 1.92. The Labute approximate surface area is 251 Å². The average molecular weight is 668 g/mol. The van der Waals surface area contributed by atoms with Gasteiger partial charge in [-0.05, 0) is 61.4 Å². The number of aliphatic carboxylic acids is 1. The number of β-amino-alcohol motifs (C(OH)–C–C–N with tert-alkyl or cyclic N) is 1. The topological polar surface area (TPSA) is 149 Å². The van der Waals surface area contributed by atoms with Crippen molar-refractivity contribution in [3.05, 3.63) is 73.6 Å². The molecule has 0 radical (unpaired) electrons. The maximum absolute atomic E-state index is 13.1. The number of aromatic hydroxyl groups is 2. The van der Waals surface area contributed by atoms with Gasteiger partial charge in [0.05, 0.1) is 28.5 Å². The van der Waals surface area contributed by atoms with Gasteiger partial charge in [-0.2, -0.15) is 18.3 Å². The number of carbonyl (C=O) groups is 1. The van der Waals surface area contributed by atoms with Crippen molar-refractivity contribution in [1.29, 1.82) is 0 Å². The molecule has 1 aliphatic heterocycles. The number of likely N-dealkylation sites (tertiary alicyclic amines) is 1. The summed E-state index contributed by atoms with van der Waals surface area (Å²) in [5.41, 5.74) is 3.63. The minimum absolute atomic E-state index is 0.00123. The van der Waals surface area contributed by atoms with Gasteiger partial charge in [0.25, 0.3) is 0 Å². The summed E-state index contributed by atoms with van der Waals surface area (Å²) in [6.07, 6.45) is -5.26. The molecule has 0 saturated carbocycles. The van der Waals surface area contributed by atoms with Crippen LogP contribution in [0.2, 0.25) is 0 Å². The standard InChI is InChI=1S/C27H28BrN3O5.C2HF3O2/c1-14-26(28)15(2)31(29-14)12-16-5-4-6-17(9-16)23-11-21(34)25-20(33)10-19(32)24(27(25)36-23)18-7-8-30(3)13-22(18)35;3-2(4,5)1(6)7/h4-6,9-11,18,22,32-33,35H,7-8,12-13H2,1-3H3;(H,6,7)/t18-,22+;/m0./s1. The number of aromatic nitrogens is 2. The van der Waals surface area contributed by atoms with E-state index >= 15 is 0 Å². The summed E-state index contributed by atoms with van der Waals surface area (Å²) in [5.74, 6) is -3.42. The normalized spacial score (nSPS) is 17.5. The molecule has 0 unspecified atom stereocenters.